The number of ketones is 3. The second kappa shape index (κ2) is 15.0. The molecule has 0 aromatic heterocycles. The third-order valence-electron chi connectivity index (χ3n) is 9.78. The van der Waals surface area contributed by atoms with Gasteiger partial charge in [0.2, 0.25) is 5.78 Å². The Morgan fingerprint density at radius 2 is 1.67 bits per heavy atom. The van der Waals surface area contributed by atoms with Gasteiger partial charge in [-0.3, -0.25) is 19.3 Å². The summed E-state index contributed by atoms with van der Waals surface area (Å²) in [5, 5.41) is 76.1. The van der Waals surface area contributed by atoms with Crippen molar-refractivity contribution in [3.63, 3.8) is 0 Å². The second-order valence-corrected chi connectivity index (χ2v) is 12.7. The summed E-state index contributed by atoms with van der Waals surface area (Å²) in [5.74, 6) is -4.15. The molecule has 16 heteroatoms. The van der Waals surface area contributed by atoms with Crippen LogP contribution in [0.3, 0.4) is 0 Å². The number of nitriles is 2. The lowest BCUT2D eigenvalue weighted by Crippen LogP contribution is -2.62. The van der Waals surface area contributed by atoms with E-state index < -0.39 is 108 Å². The summed E-state index contributed by atoms with van der Waals surface area (Å²) >= 11 is 0. The number of hydrogen-bond donors (Lipinski definition) is 5. The first-order valence-corrected chi connectivity index (χ1v) is 16.1. The van der Waals surface area contributed by atoms with Crippen molar-refractivity contribution in [1.82, 2.24) is 4.90 Å². The van der Waals surface area contributed by atoms with E-state index in [1.807, 2.05) is 0 Å². The molecule has 8 atom stereocenters. The Morgan fingerprint density at radius 1 is 1.04 bits per heavy atom. The molecule has 3 aliphatic rings. The molecule has 1 fully saturated rings. The number of Topliss-reactive ketones (excluding diaryl/α,β-unsaturated/α-hetero) is 1. The molecule has 0 bridgehead atoms. The average molecular weight is 710 g/mol. The van der Waals surface area contributed by atoms with Crippen LogP contribution in [0.4, 0.5) is 0 Å². The molecule has 51 heavy (non-hydrogen) atoms. The minimum absolute atomic E-state index is 0.0517. The molecule has 6 unspecified atom stereocenters. The smallest absolute Gasteiger partial charge is 0.202 e. The van der Waals surface area contributed by atoms with Crippen molar-refractivity contribution in [3.8, 4) is 29.4 Å². The van der Waals surface area contributed by atoms with Crippen LogP contribution in [-0.4, -0.2) is 131 Å². The molecule has 5 N–H and O–H groups in total. The van der Waals surface area contributed by atoms with Crippen molar-refractivity contribution >= 4 is 17.3 Å². The standard InChI is InChI=1S/C35H39N3O13/c1-16-30(41)21(38(17(11-36)14-47-2)18(12-37)15-48-3)8-25(50-16)51-23-10-35(46,24(40)13-39)9-20-27(23)34(45)29-28(32(20)43)31(42)19-6-5-7-22(49-4)26(19)33(29)44/h5-7,16-18,21,23,25,30,39,41,43,45-46H,8-10,13-15H2,1-4H3/t16?,17?,18?,21?,23-,25?,30?,35-/m0/s1. The largest absolute Gasteiger partial charge is 0.507 e. The molecular weight excluding hydrogens is 670 g/mol. The summed E-state index contributed by atoms with van der Waals surface area (Å²) in [6, 6.07) is 5.44. The maximum Gasteiger partial charge on any atom is 0.202 e. The average Bonchev–Trinajstić information content (AvgIpc) is 3.12. The van der Waals surface area contributed by atoms with Crippen LogP contribution in [0.15, 0.2) is 18.2 Å². The molecule has 272 valence electrons. The molecular formula is C35H39N3O13. The van der Waals surface area contributed by atoms with E-state index in [2.05, 4.69) is 12.1 Å². The molecule has 2 aromatic carbocycles. The van der Waals surface area contributed by atoms with E-state index in [1.54, 1.807) is 0 Å². The van der Waals surface area contributed by atoms with Gasteiger partial charge >= 0.3 is 0 Å². The van der Waals surface area contributed by atoms with Crippen molar-refractivity contribution < 1.29 is 63.6 Å². The lowest BCUT2D eigenvalue weighted by Gasteiger charge is -2.47. The SMILES string of the molecule is COCC(C#N)N(C(C#N)COC)C1CC(O[C@H]2C[C@](O)(C(=O)CO)Cc3c(O)c4c(c(O)c32)C(=O)c2c(OC)cccc2C4=O)OC(C)C1O. The molecule has 1 aliphatic heterocycles. The third kappa shape index (κ3) is 6.46. The summed E-state index contributed by atoms with van der Waals surface area (Å²) in [6.45, 7) is 0.169. The van der Waals surface area contributed by atoms with Gasteiger partial charge in [-0.25, -0.2) is 0 Å². The highest BCUT2D eigenvalue weighted by Gasteiger charge is 2.51. The quantitative estimate of drug-likeness (QED) is 0.160. The van der Waals surface area contributed by atoms with E-state index in [0.717, 1.165) is 0 Å². The maximum atomic E-state index is 13.9. The number of carbonyl (C=O) groups is 3. The topological polar surface area (TPSA) is 249 Å². The van der Waals surface area contributed by atoms with E-state index >= 15 is 0 Å². The molecule has 2 aromatic rings. The molecule has 16 nitrogen and oxygen atoms in total. The second-order valence-electron chi connectivity index (χ2n) is 12.7. The Labute approximate surface area is 292 Å². The minimum atomic E-state index is -2.37. The van der Waals surface area contributed by atoms with E-state index in [4.69, 9.17) is 23.7 Å². The Kier molecular flexibility index (Phi) is 11.1. The van der Waals surface area contributed by atoms with Crippen molar-refractivity contribution in [3.05, 3.63) is 51.6 Å². The number of hydrogen-bond acceptors (Lipinski definition) is 16. The van der Waals surface area contributed by atoms with Crippen molar-refractivity contribution in [2.75, 3.05) is 41.2 Å². The van der Waals surface area contributed by atoms with Crippen molar-refractivity contribution in [1.29, 1.82) is 10.5 Å². The predicted octanol–water partition coefficient (Wildman–Crippen LogP) is 0.422. The van der Waals surface area contributed by atoms with Gasteiger partial charge < -0.3 is 49.2 Å². The molecule has 5 rings (SSSR count). The molecule has 2 aliphatic carbocycles. The van der Waals surface area contributed by atoms with Gasteiger partial charge in [-0.2, -0.15) is 10.5 Å². The predicted molar refractivity (Wildman–Crippen MR) is 172 cm³/mol. The Bertz CT molecular complexity index is 1780. The highest BCUT2D eigenvalue weighted by Crippen LogP contribution is 2.52. The van der Waals surface area contributed by atoms with Crippen LogP contribution in [-0.2, 0) is 30.2 Å². The minimum Gasteiger partial charge on any atom is -0.507 e. The summed E-state index contributed by atoms with van der Waals surface area (Å²) in [6.07, 6.45) is -6.50. The van der Waals surface area contributed by atoms with Crippen LogP contribution in [0.25, 0.3) is 0 Å². The molecule has 1 saturated heterocycles. The van der Waals surface area contributed by atoms with E-state index in [1.165, 1.54) is 51.4 Å². The molecule has 0 saturated carbocycles. The van der Waals surface area contributed by atoms with Crippen LogP contribution in [0.2, 0.25) is 0 Å². The maximum absolute atomic E-state index is 13.9. The van der Waals surface area contributed by atoms with Gasteiger partial charge in [-0.15, -0.1) is 0 Å². The Hall–Kier alpha value is -4.49. The molecule has 0 amide bonds. The van der Waals surface area contributed by atoms with Crippen molar-refractivity contribution in [2.24, 2.45) is 0 Å². The van der Waals surface area contributed by atoms with E-state index in [-0.39, 0.29) is 47.6 Å². The fourth-order valence-electron chi connectivity index (χ4n) is 7.36. The van der Waals surface area contributed by atoms with Gasteiger partial charge in [0.05, 0.1) is 67.5 Å². The number of aliphatic hydroxyl groups is 3. The van der Waals surface area contributed by atoms with Crippen LogP contribution in [0.5, 0.6) is 17.2 Å². The number of carbonyl (C=O) groups excluding carboxylic acids is 3. The van der Waals surface area contributed by atoms with Gasteiger partial charge in [-0.1, -0.05) is 12.1 Å². The number of benzene rings is 2. The number of phenols is 2. The molecule has 0 spiro atoms. The van der Waals surface area contributed by atoms with Gasteiger partial charge in [0, 0.05) is 56.2 Å². The number of aromatic hydroxyl groups is 2. The first-order chi connectivity index (χ1) is 24.3. The zero-order valence-electron chi connectivity index (χ0n) is 28.4. The Balaban J connectivity index is 1.63. The number of nitrogens with zero attached hydrogens (tertiary/aromatic N) is 3. The fraction of sp³-hybridized carbons (Fsp3) is 0.514. The van der Waals surface area contributed by atoms with Gasteiger partial charge in [0.1, 0.15) is 41.5 Å². The molecule has 1 heterocycles. The number of ether oxygens (including phenoxy) is 5. The summed E-state index contributed by atoms with van der Waals surface area (Å²) < 4.78 is 28.0. The van der Waals surface area contributed by atoms with Crippen LogP contribution in [0, 0.1) is 22.7 Å². The van der Waals surface area contributed by atoms with Gasteiger partial charge in [-0.05, 0) is 13.0 Å². The first kappa shape index (κ1) is 37.8. The highest BCUT2D eigenvalue weighted by molar-refractivity contribution is 6.31. The summed E-state index contributed by atoms with van der Waals surface area (Å²) in [7, 11) is 4.05. The normalized spacial score (nSPS) is 26.7. The lowest BCUT2D eigenvalue weighted by molar-refractivity contribution is -0.261. The lowest BCUT2D eigenvalue weighted by atomic mass is 9.72. The van der Waals surface area contributed by atoms with Crippen LogP contribution < -0.4 is 4.74 Å². The third-order valence-corrected chi connectivity index (χ3v) is 9.78. The van der Waals surface area contributed by atoms with Crippen LogP contribution >= 0.6 is 0 Å². The van der Waals surface area contributed by atoms with E-state index in [0.29, 0.717) is 0 Å². The monoisotopic (exact) mass is 709 g/mol. The zero-order chi connectivity index (χ0) is 37.4. The number of methoxy groups -OCH3 is 3. The zero-order valence-corrected chi connectivity index (χ0v) is 28.4. The Morgan fingerprint density at radius 3 is 2.24 bits per heavy atom. The number of fused-ring (bicyclic) bond motifs is 3. The van der Waals surface area contributed by atoms with Crippen LogP contribution in [0.1, 0.15) is 68.8 Å². The summed E-state index contributed by atoms with van der Waals surface area (Å²) in [5.41, 5.74) is -4.16. The first-order valence-electron chi connectivity index (χ1n) is 16.1. The van der Waals surface area contributed by atoms with E-state index in [9.17, 15) is 50.4 Å². The van der Waals surface area contributed by atoms with Gasteiger partial charge in [0.15, 0.2) is 17.9 Å². The van der Waals surface area contributed by atoms with Gasteiger partial charge in [0.25, 0.3) is 0 Å². The number of phenolic OH excluding ortho intramolecular Hbond substituents is 2. The number of rotatable bonds is 12. The molecule has 0 radical (unpaired) electrons. The van der Waals surface area contributed by atoms with Crippen molar-refractivity contribution in [2.45, 2.75) is 74.5 Å². The highest BCUT2D eigenvalue weighted by atomic mass is 16.7. The fourth-order valence-corrected chi connectivity index (χ4v) is 7.36. The summed E-state index contributed by atoms with van der Waals surface area (Å²) in [4.78, 5) is 42.1. The number of aliphatic hydroxyl groups excluding tert-OH is 2.